The number of amides is 1. The number of pyridine rings is 1. The summed E-state index contributed by atoms with van der Waals surface area (Å²) in [4.78, 5) is 21.1. The molecule has 1 heterocycles. The summed E-state index contributed by atoms with van der Waals surface area (Å²) < 4.78 is 0. The maximum Gasteiger partial charge on any atom is 0.258 e. The van der Waals surface area contributed by atoms with Gasteiger partial charge in [-0.05, 0) is 30.7 Å². The smallest absolute Gasteiger partial charge is 0.258 e. The molecule has 0 spiro atoms. The summed E-state index contributed by atoms with van der Waals surface area (Å²) >= 11 is 0. The standard InChI is InChI=1S/C18H16N4O/c1-12-11-20-15-10-6-5-9-14(15)16(12)17(23)22-18(19)21-13-7-3-2-4-8-13/h2-11H,1H3,(H3,19,21,22,23). The second-order valence-corrected chi connectivity index (χ2v) is 5.12. The molecule has 5 nitrogen and oxygen atoms in total. The Morgan fingerprint density at radius 2 is 1.78 bits per heavy atom. The molecule has 0 atom stereocenters. The first-order valence-electron chi connectivity index (χ1n) is 7.20. The van der Waals surface area contributed by atoms with Gasteiger partial charge in [-0.15, -0.1) is 0 Å². The number of fused-ring (bicyclic) bond motifs is 1. The van der Waals surface area contributed by atoms with Gasteiger partial charge in [0.25, 0.3) is 5.91 Å². The molecule has 0 aliphatic heterocycles. The fourth-order valence-electron chi connectivity index (χ4n) is 2.39. The SMILES string of the molecule is Cc1cnc2ccccc2c1C(=O)NC(N)=Nc1ccccc1. The first-order valence-corrected chi connectivity index (χ1v) is 7.20. The Balaban J connectivity index is 1.92. The number of benzene rings is 2. The average molecular weight is 304 g/mol. The predicted octanol–water partition coefficient (Wildman–Crippen LogP) is 2.92. The van der Waals surface area contributed by atoms with E-state index in [0.717, 1.165) is 16.5 Å². The first-order chi connectivity index (χ1) is 11.1. The topological polar surface area (TPSA) is 80.4 Å². The minimum Gasteiger partial charge on any atom is -0.369 e. The number of nitrogens with zero attached hydrogens (tertiary/aromatic N) is 2. The van der Waals surface area contributed by atoms with Crippen LogP contribution in [0.5, 0.6) is 0 Å². The van der Waals surface area contributed by atoms with E-state index in [1.54, 1.807) is 6.20 Å². The fraction of sp³-hybridized carbons (Fsp3) is 0.0556. The lowest BCUT2D eigenvalue weighted by atomic mass is 10.0. The molecular weight excluding hydrogens is 288 g/mol. The molecule has 0 saturated heterocycles. The van der Waals surface area contributed by atoms with Crippen molar-refractivity contribution < 1.29 is 4.79 Å². The van der Waals surface area contributed by atoms with Gasteiger partial charge in [-0.2, -0.15) is 0 Å². The van der Waals surface area contributed by atoms with Gasteiger partial charge in [0.15, 0.2) is 0 Å². The van der Waals surface area contributed by atoms with Crippen LogP contribution < -0.4 is 11.1 Å². The molecule has 23 heavy (non-hydrogen) atoms. The number of carbonyl (C=O) groups is 1. The van der Waals surface area contributed by atoms with Crippen molar-refractivity contribution in [3.05, 3.63) is 71.9 Å². The van der Waals surface area contributed by atoms with Crippen molar-refractivity contribution in [2.45, 2.75) is 6.92 Å². The van der Waals surface area contributed by atoms with Crippen LogP contribution in [0.4, 0.5) is 5.69 Å². The number of aliphatic imine (C=N–C) groups is 1. The Morgan fingerprint density at radius 3 is 2.57 bits per heavy atom. The minimum atomic E-state index is -0.293. The molecule has 3 rings (SSSR count). The highest BCUT2D eigenvalue weighted by Gasteiger charge is 2.14. The average Bonchev–Trinajstić information content (AvgIpc) is 2.55. The second-order valence-electron chi connectivity index (χ2n) is 5.12. The number of aryl methyl sites for hydroxylation is 1. The number of nitrogens with two attached hydrogens (primary N) is 1. The molecule has 3 aromatic rings. The summed E-state index contributed by atoms with van der Waals surface area (Å²) in [5.41, 5.74) is 8.63. The highest BCUT2D eigenvalue weighted by Crippen LogP contribution is 2.19. The van der Waals surface area contributed by atoms with E-state index in [1.165, 1.54) is 0 Å². The quantitative estimate of drug-likeness (QED) is 0.564. The molecule has 2 aromatic carbocycles. The summed E-state index contributed by atoms with van der Waals surface area (Å²) in [6, 6.07) is 16.7. The van der Waals surface area contributed by atoms with Gasteiger partial charge in [0.05, 0.1) is 16.8 Å². The number of rotatable bonds is 2. The predicted molar refractivity (Wildman–Crippen MR) is 91.7 cm³/mol. The van der Waals surface area contributed by atoms with Crippen LogP contribution in [0.1, 0.15) is 15.9 Å². The molecule has 1 aromatic heterocycles. The van der Waals surface area contributed by atoms with Gasteiger partial charge >= 0.3 is 0 Å². The number of hydrogen-bond donors (Lipinski definition) is 2. The second kappa shape index (κ2) is 6.27. The van der Waals surface area contributed by atoms with Gasteiger partial charge in [-0.3, -0.25) is 15.1 Å². The third-order valence-corrected chi connectivity index (χ3v) is 3.44. The lowest BCUT2D eigenvalue weighted by Crippen LogP contribution is -2.37. The normalized spacial score (nSPS) is 11.4. The molecular formula is C18H16N4O. The molecule has 114 valence electrons. The lowest BCUT2D eigenvalue weighted by Gasteiger charge is -2.10. The zero-order valence-electron chi connectivity index (χ0n) is 12.7. The highest BCUT2D eigenvalue weighted by atomic mass is 16.1. The summed E-state index contributed by atoms with van der Waals surface area (Å²) in [6.07, 6.45) is 1.68. The molecule has 0 unspecified atom stereocenters. The van der Waals surface area contributed by atoms with Gasteiger partial charge in [-0.1, -0.05) is 36.4 Å². The fourth-order valence-corrected chi connectivity index (χ4v) is 2.39. The maximum atomic E-state index is 12.6. The summed E-state index contributed by atoms with van der Waals surface area (Å²) in [7, 11) is 0. The molecule has 3 N–H and O–H groups in total. The zero-order chi connectivity index (χ0) is 16.2. The van der Waals surface area contributed by atoms with Crippen LogP contribution in [0.25, 0.3) is 10.9 Å². The van der Waals surface area contributed by atoms with E-state index in [-0.39, 0.29) is 11.9 Å². The molecule has 0 aliphatic carbocycles. The Hall–Kier alpha value is -3.21. The zero-order valence-corrected chi connectivity index (χ0v) is 12.7. The van der Waals surface area contributed by atoms with Crippen molar-refractivity contribution in [1.29, 1.82) is 0 Å². The Bertz CT molecular complexity index is 888. The minimum absolute atomic E-state index is 0.0569. The molecule has 0 fully saturated rings. The van der Waals surface area contributed by atoms with Crippen LogP contribution in [0, 0.1) is 6.92 Å². The Morgan fingerprint density at radius 1 is 1.09 bits per heavy atom. The summed E-state index contributed by atoms with van der Waals surface area (Å²) in [5, 5.41) is 3.43. The van der Waals surface area contributed by atoms with Gasteiger partial charge in [0.1, 0.15) is 0 Å². The van der Waals surface area contributed by atoms with Crippen LogP contribution in [0.2, 0.25) is 0 Å². The largest absolute Gasteiger partial charge is 0.369 e. The van der Waals surface area contributed by atoms with E-state index >= 15 is 0 Å². The van der Waals surface area contributed by atoms with Crippen molar-refractivity contribution >= 4 is 28.5 Å². The van der Waals surface area contributed by atoms with Gasteiger partial charge in [0.2, 0.25) is 5.96 Å². The molecule has 0 aliphatic rings. The number of hydrogen-bond acceptors (Lipinski definition) is 3. The van der Waals surface area contributed by atoms with E-state index < -0.39 is 0 Å². The van der Waals surface area contributed by atoms with E-state index in [2.05, 4.69) is 15.3 Å². The third kappa shape index (κ3) is 3.18. The number of aromatic nitrogens is 1. The monoisotopic (exact) mass is 304 g/mol. The van der Waals surface area contributed by atoms with Crippen molar-refractivity contribution in [2.75, 3.05) is 0 Å². The summed E-state index contributed by atoms with van der Waals surface area (Å²) in [6.45, 7) is 1.85. The lowest BCUT2D eigenvalue weighted by molar-refractivity contribution is 0.0977. The van der Waals surface area contributed by atoms with Gasteiger partial charge in [-0.25, -0.2) is 4.99 Å². The van der Waals surface area contributed by atoms with Gasteiger partial charge < -0.3 is 5.73 Å². The van der Waals surface area contributed by atoms with Crippen LogP contribution in [0.3, 0.4) is 0 Å². The van der Waals surface area contributed by atoms with Crippen molar-refractivity contribution in [3.63, 3.8) is 0 Å². The number of nitrogens with one attached hydrogen (secondary N) is 1. The maximum absolute atomic E-state index is 12.6. The van der Waals surface area contributed by atoms with Gasteiger partial charge in [0, 0.05) is 11.6 Å². The first kappa shape index (κ1) is 14.7. The van der Waals surface area contributed by atoms with Crippen molar-refractivity contribution in [1.82, 2.24) is 10.3 Å². The molecule has 0 saturated carbocycles. The van der Waals surface area contributed by atoms with Crippen LogP contribution >= 0.6 is 0 Å². The van der Waals surface area contributed by atoms with E-state index in [0.29, 0.717) is 11.3 Å². The van der Waals surface area contributed by atoms with Crippen molar-refractivity contribution in [3.8, 4) is 0 Å². The summed E-state index contributed by atoms with van der Waals surface area (Å²) in [5.74, 6) is -0.236. The Kier molecular flexibility index (Phi) is 4.01. The van der Waals surface area contributed by atoms with Crippen LogP contribution in [-0.2, 0) is 0 Å². The molecule has 1 amide bonds. The van der Waals surface area contributed by atoms with E-state index in [1.807, 2.05) is 61.5 Å². The molecule has 0 bridgehead atoms. The van der Waals surface area contributed by atoms with E-state index in [9.17, 15) is 4.79 Å². The number of guanidine groups is 1. The number of para-hydroxylation sites is 2. The number of carbonyl (C=O) groups excluding carboxylic acids is 1. The van der Waals surface area contributed by atoms with Crippen LogP contribution in [-0.4, -0.2) is 16.9 Å². The van der Waals surface area contributed by atoms with Crippen molar-refractivity contribution in [2.24, 2.45) is 10.7 Å². The van der Waals surface area contributed by atoms with E-state index in [4.69, 9.17) is 5.73 Å². The highest BCUT2D eigenvalue weighted by molar-refractivity contribution is 6.13. The van der Waals surface area contributed by atoms with Crippen LogP contribution in [0.15, 0.2) is 65.8 Å². The molecule has 0 radical (unpaired) electrons. The molecule has 5 heteroatoms. The third-order valence-electron chi connectivity index (χ3n) is 3.44. The Labute approximate surface area is 133 Å².